The normalized spacial score (nSPS) is 16.1. The number of aromatic nitrogens is 2. The largest absolute Gasteiger partial charge is 0.355 e. The van der Waals surface area contributed by atoms with Gasteiger partial charge in [0.15, 0.2) is 0 Å². The summed E-state index contributed by atoms with van der Waals surface area (Å²) < 4.78 is 0. The van der Waals surface area contributed by atoms with Crippen molar-refractivity contribution >= 4 is 17.7 Å². The highest BCUT2D eigenvalue weighted by Crippen LogP contribution is 2.14. The van der Waals surface area contributed by atoms with E-state index in [4.69, 9.17) is 0 Å². The molecule has 0 aliphatic carbocycles. The van der Waals surface area contributed by atoms with Gasteiger partial charge in [-0.3, -0.25) is 4.79 Å². The van der Waals surface area contributed by atoms with E-state index in [1.54, 1.807) is 13.1 Å². The zero-order valence-electron chi connectivity index (χ0n) is 11.6. The summed E-state index contributed by atoms with van der Waals surface area (Å²) in [5.74, 6) is 1.74. The van der Waals surface area contributed by atoms with Crippen LogP contribution in [0.2, 0.25) is 0 Å². The van der Waals surface area contributed by atoms with Gasteiger partial charge in [-0.2, -0.15) is 4.98 Å². The van der Waals surface area contributed by atoms with Crippen LogP contribution < -0.4 is 10.2 Å². The molecule has 1 aromatic rings. The summed E-state index contributed by atoms with van der Waals surface area (Å²) in [6, 6.07) is 1.92. The van der Waals surface area contributed by atoms with Gasteiger partial charge in [-0.25, -0.2) is 4.98 Å². The van der Waals surface area contributed by atoms with Gasteiger partial charge in [0.25, 0.3) is 0 Å². The number of hydrogen-bond donors (Lipinski definition) is 1. The molecule has 1 amide bonds. The van der Waals surface area contributed by atoms with E-state index in [1.165, 1.54) is 0 Å². The molecule has 1 saturated heterocycles. The first-order chi connectivity index (χ1) is 9.20. The summed E-state index contributed by atoms with van der Waals surface area (Å²) in [7, 11) is 0. The van der Waals surface area contributed by atoms with E-state index in [2.05, 4.69) is 20.2 Å². The third kappa shape index (κ3) is 3.56. The summed E-state index contributed by atoms with van der Waals surface area (Å²) in [6.07, 6.45) is 2.74. The minimum Gasteiger partial charge on any atom is -0.355 e. The summed E-state index contributed by atoms with van der Waals surface area (Å²) >= 11 is 0. The van der Waals surface area contributed by atoms with Crippen molar-refractivity contribution in [3.63, 3.8) is 0 Å². The molecule has 0 aromatic carbocycles. The van der Waals surface area contributed by atoms with Crippen molar-refractivity contribution in [2.24, 2.45) is 0 Å². The number of carbonyl (C=O) groups excluding carboxylic acids is 1. The van der Waals surface area contributed by atoms with Gasteiger partial charge in [-0.05, 0) is 19.4 Å². The Hall–Kier alpha value is -1.85. The average molecular weight is 263 g/mol. The zero-order valence-corrected chi connectivity index (χ0v) is 11.6. The quantitative estimate of drug-likeness (QED) is 0.880. The maximum absolute atomic E-state index is 11.4. The highest BCUT2D eigenvalue weighted by molar-refractivity contribution is 5.73. The van der Waals surface area contributed by atoms with Crippen LogP contribution in [0.5, 0.6) is 0 Å². The van der Waals surface area contributed by atoms with Gasteiger partial charge in [-0.1, -0.05) is 0 Å². The van der Waals surface area contributed by atoms with Gasteiger partial charge in [0.05, 0.1) is 0 Å². The molecule has 1 aliphatic heterocycles. The molecule has 6 heteroatoms. The number of anilines is 2. The van der Waals surface area contributed by atoms with E-state index in [1.807, 2.05) is 17.9 Å². The lowest BCUT2D eigenvalue weighted by molar-refractivity contribution is -0.128. The Morgan fingerprint density at radius 1 is 1.37 bits per heavy atom. The Morgan fingerprint density at radius 3 is 2.95 bits per heavy atom. The monoisotopic (exact) mass is 263 g/mol. The number of nitrogens with one attached hydrogen (secondary N) is 1. The van der Waals surface area contributed by atoms with Gasteiger partial charge in [0.2, 0.25) is 11.9 Å². The zero-order chi connectivity index (χ0) is 13.7. The van der Waals surface area contributed by atoms with E-state index in [0.29, 0.717) is 5.95 Å². The van der Waals surface area contributed by atoms with Crippen molar-refractivity contribution in [2.45, 2.75) is 20.3 Å². The maximum atomic E-state index is 11.4. The van der Waals surface area contributed by atoms with Gasteiger partial charge in [-0.15, -0.1) is 0 Å². The van der Waals surface area contributed by atoms with Crippen LogP contribution in [0.15, 0.2) is 12.3 Å². The summed E-state index contributed by atoms with van der Waals surface area (Å²) in [5.41, 5.74) is 0. The molecule has 19 heavy (non-hydrogen) atoms. The second-order valence-corrected chi connectivity index (χ2v) is 4.62. The average Bonchev–Trinajstić information content (AvgIpc) is 2.65. The lowest BCUT2D eigenvalue weighted by atomic mass is 10.3. The lowest BCUT2D eigenvalue weighted by Crippen LogP contribution is -2.33. The van der Waals surface area contributed by atoms with Crippen molar-refractivity contribution in [3.05, 3.63) is 12.3 Å². The number of nitrogens with zero attached hydrogens (tertiary/aromatic N) is 4. The second kappa shape index (κ2) is 6.36. The van der Waals surface area contributed by atoms with Gasteiger partial charge >= 0.3 is 0 Å². The Labute approximate surface area is 113 Å². The van der Waals surface area contributed by atoms with Gasteiger partial charge in [0, 0.05) is 45.8 Å². The molecule has 0 saturated carbocycles. The first-order valence-corrected chi connectivity index (χ1v) is 6.78. The van der Waals surface area contributed by atoms with Crippen LogP contribution in [0.4, 0.5) is 11.8 Å². The smallest absolute Gasteiger partial charge is 0.224 e. The molecule has 6 nitrogen and oxygen atoms in total. The molecule has 1 N–H and O–H groups in total. The summed E-state index contributed by atoms with van der Waals surface area (Å²) in [4.78, 5) is 24.2. The Morgan fingerprint density at radius 2 is 2.21 bits per heavy atom. The Balaban J connectivity index is 2.05. The predicted molar refractivity (Wildman–Crippen MR) is 75.3 cm³/mol. The van der Waals surface area contributed by atoms with Crippen LogP contribution in [0.3, 0.4) is 0 Å². The lowest BCUT2D eigenvalue weighted by Gasteiger charge is -2.22. The number of amides is 1. The maximum Gasteiger partial charge on any atom is 0.224 e. The molecule has 0 radical (unpaired) electrons. The van der Waals surface area contributed by atoms with E-state index >= 15 is 0 Å². The molecule has 2 heterocycles. The standard InChI is InChI=1S/C13H21N5O/c1-3-14-13-15-6-5-12(16-13)18-8-4-7-17(9-10-18)11(2)19/h5-6H,3-4,7-10H2,1-2H3,(H,14,15,16). The fraction of sp³-hybridized carbons (Fsp3) is 0.615. The van der Waals surface area contributed by atoms with Crippen molar-refractivity contribution in [1.29, 1.82) is 0 Å². The summed E-state index contributed by atoms with van der Waals surface area (Å²) in [5, 5.41) is 3.12. The van der Waals surface area contributed by atoms with Crippen molar-refractivity contribution in [2.75, 3.05) is 42.9 Å². The third-order valence-corrected chi connectivity index (χ3v) is 3.24. The van der Waals surface area contributed by atoms with Crippen molar-refractivity contribution < 1.29 is 4.79 Å². The molecule has 0 spiro atoms. The Kier molecular flexibility index (Phi) is 4.54. The molecule has 1 fully saturated rings. The van der Waals surface area contributed by atoms with E-state index in [0.717, 1.165) is 45.0 Å². The highest BCUT2D eigenvalue weighted by Gasteiger charge is 2.17. The number of rotatable bonds is 3. The Bertz CT molecular complexity index is 437. The van der Waals surface area contributed by atoms with Crippen LogP contribution in [-0.2, 0) is 4.79 Å². The minimum absolute atomic E-state index is 0.151. The van der Waals surface area contributed by atoms with Crippen molar-refractivity contribution in [3.8, 4) is 0 Å². The second-order valence-electron chi connectivity index (χ2n) is 4.62. The molecule has 2 rings (SSSR count). The molecule has 0 bridgehead atoms. The first-order valence-electron chi connectivity index (χ1n) is 6.78. The van der Waals surface area contributed by atoms with E-state index < -0.39 is 0 Å². The van der Waals surface area contributed by atoms with Gasteiger partial charge < -0.3 is 15.1 Å². The molecular formula is C13H21N5O. The minimum atomic E-state index is 0.151. The van der Waals surface area contributed by atoms with Gasteiger partial charge in [0.1, 0.15) is 5.82 Å². The molecule has 1 aliphatic rings. The fourth-order valence-electron chi connectivity index (χ4n) is 2.23. The molecule has 104 valence electrons. The van der Waals surface area contributed by atoms with Crippen LogP contribution >= 0.6 is 0 Å². The van der Waals surface area contributed by atoms with Crippen LogP contribution in [0.25, 0.3) is 0 Å². The highest BCUT2D eigenvalue weighted by atomic mass is 16.2. The third-order valence-electron chi connectivity index (χ3n) is 3.24. The fourth-order valence-corrected chi connectivity index (χ4v) is 2.23. The topological polar surface area (TPSA) is 61.4 Å². The first kappa shape index (κ1) is 13.6. The SMILES string of the molecule is CCNc1nccc(N2CCCN(C(C)=O)CC2)n1. The van der Waals surface area contributed by atoms with Crippen LogP contribution in [0.1, 0.15) is 20.3 Å². The predicted octanol–water partition coefficient (Wildman–Crippen LogP) is 0.967. The van der Waals surface area contributed by atoms with E-state index in [-0.39, 0.29) is 5.91 Å². The number of carbonyl (C=O) groups is 1. The van der Waals surface area contributed by atoms with Crippen LogP contribution in [-0.4, -0.2) is 53.5 Å². The van der Waals surface area contributed by atoms with Crippen LogP contribution in [0, 0.1) is 0 Å². The van der Waals surface area contributed by atoms with E-state index in [9.17, 15) is 4.79 Å². The number of hydrogen-bond acceptors (Lipinski definition) is 5. The molecule has 1 aromatic heterocycles. The summed E-state index contributed by atoms with van der Waals surface area (Å²) in [6.45, 7) is 7.79. The molecule has 0 atom stereocenters. The molecular weight excluding hydrogens is 242 g/mol. The van der Waals surface area contributed by atoms with Crippen molar-refractivity contribution in [1.82, 2.24) is 14.9 Å². The molecule has 0 unspecified atom stereocenters.